The highest BCUT2D eigenvalue weighted by atomic mass is 32.2. The first-order valence-electron chi connectivity index (χ1n) is 10.00. The van der Waals surface area contributed by atoms with Crippen molar-refractivity contribution < 1.29 is 8.42 Å². The Morgan fingerprint density at radius 1 is 0.862 bits per heavy atom. The number of para-hydroxylation sites is 1. The molecule has 1 N–H and O–H groups in total. The first-order valence-corrected chi connectivity index (χ1v) is 11.5. The average Bonchev–Trinajstić information content (AvgIpc) is 2.78. The van der Waals surface area contributed by atoms with E-state index in [1.807, 2.05) is 12.1 Å². The van der Waals surface area contributed by atoms with Crippen molar-refractivity contribution in [2.75, 3.05) is 38.1 Å². The molecule has 0 radical (unpaired) electrons. The average molecular weight is 410 g/mol. The second kappa shape index (κ2) is 8.14. The molecule has 0 spiro atoms. The minimum absolute atomic E-state index is 0.318. The number of fused-ring (bicyclic) bond motifs is 1. The van der Waals surface area contributed by atoms with Gasteiger partial charge in [-0.2, -0.15) is 0 Å². The van der Waals surface area contributed by atoms with Crippen molar-refractivity contribution in [3.05, 3.63) is 72.3 Å². The maximum absolute atomic E-state index is 12.4. The van der Waals surface area contributed by atoms with Crippen LogP contribution in [0.15, 0.2) is 71.6 Å². The number of nitrogens with zero attached hydrogens (tertiary/aromatic N) is 2. The van der Waals surface area contributed by atoms with Gasteiger partial charge in [0.05, 0.1) is 5.69 Å². The summed E-state index contributed by atoms with van der Waals surface area (Å²) in [6, 6.07) is 22.7. The van der Waals surface area contributed by atoms with Crippen molar-refractivity contribution in [1.29, 1.82) is 0 Å². The molecule has 4 rings (SSSR count). The van der Waals surface area contributed by atoms with Crippen LogP contribution in [0.2, 0.25) is 0 Å². The number of sulfonamides is 1. The summed E-state index contributed by atoms with van der Waals surface area (Å²) >= 11 is 0. The number of rotatable bonds is 5. The Morgan fingerprint density at radius 3 is 2.24 bits per heavy atom. The Hall–Kier alpha value is -2.41. The Morgan fingerprint density at radius 2 is 1.52 bits per heavy atom. The molecule has 3 aromatic carbocycles. The fourth-order valence-electron chi connectivity index (χ4n) is 4.08. The lowest BCUT2D eigenvalue weighted by Gasteiger charge is -2.39. The third kappa shape index (κ3) is 4.01. The molecule has 0 aromatic heterocycles. The number of benzene rings is 3. The first kappa shape index (κ1) is 19.9. The van der Waals surface area contributed by atoms with Crippen LogP contribution in [0.1, 0.15) is 18.5 Å². The van der Waals surface area contributed by atoms with Gasteiger partial charge < -0.3 is 4.90 Å². The van der Waals surface area contributed by atoms with Crippen molar-refractivity contribution in [1.82, 2.24) is 9.62 Å². The van der Waals surface area contributed by atoms with E-state index in [2.05, 4.69) is 63.9 Å². The molecule has 0 bridgehead atoms. The van der Waals surface area contributed by atoms with E-state index >= 15 is 0 Å². The van der Waals surface area contributed by atoms with Crippen molar-refractivity contribution in [2.45, 2.75) is 17.9 Å². The zero-order valence-electron chi connectivity index (χ0n) is 16.9. The van der Waals surface area contributed by atoms with Crippen LogP contribution in [0.5, 0.6) is 0 Å². The smallest absolute Gasteiger partial charge is 0.242 e. The molecule has 5 nitrogen and oxygen atoms in total. The third-order valence-electron chi connectivity index (χ3n) is 5.88. The molecule has 1 atom stereocenters. The predicted octanol–water partition coefficient (Wildman–Crippen LogP) is 3.63. The van der Waals surface area contributed by atoms with Crippen molar-refractivity contribution in [2.24, 2.45) is 0 Å². The van der Waals surface area contributed by atoms with Gasteiger partial charge in [-0.1, -0.05) is 48.5 Å². The molecule has 3 aromatic rings. The van der Waals surface area contributed by atoms with Crippen LogP contribution in [0.3, 0.4) is 0 Å². The summed E-state index contributed by atoms with van der Waals surface area (Å²) in [5.41, 5.74) is 2.09. The maximum Gasteiger partial charge on any atom is 0.242 e. The lowest BCUT2D eigenvalue weighted by Crippen LogP contribution is -2.47. The van der Waals surface area contributed by atoms with E-state index in [9.17, 15) is 8.42 Å². The van der Waals surface area contributed by atoms with Gasteiger partial charge in [0.25, 0.3) is 0 Å². The predicted molar refractivity (Wildman–Crippen MR) is 119 cm³/mol. The highest BCUT2D eigenvalue weighted by Crippen LogP contribution is 2.29. The molecule has 1 aliphatic heterocycles. The fraction of sp³-hybridized carbons (Fsp3) is 0.304. The second-order valence-corrected chi connectivity index (χ2v) is 9.34. The first-order chi connectivity index (χ1) is 14.0. The van der Waals surface area contributed by atoms with Crippen LogP contribution in [-0.4, -0.2) is 46.5 Å². The molecule has 1 saturated heterocycles. The van der Waals surface area contributed by atoms with Crippen molar-refractivity contribution >= 4 is 26.5 Å². The van der Waals surface area contributed by atoms with Gasteiger partial charge in [-0.05, 0) is 48.5 Å². The Balaban J connectivity index is 1.50. The van der Waals surface area contributed by atoms with Gasteiger partial charge in [0, 0.05) is 32.2 Å². The van der Waals surface area contributed by atoms with Gasteiger partial charge in [-0.25, -0.2) is 13.1 Å². The topological polar surface area (TPSA) is 52.7 Å². The van der Waals surface area contributed by atoms with Crippen LogP contribution in [0.25, 0.3) is 10.8 Å². The lowest BCUT2D eigenvalue weighted by atomic mass is 10.0. The van der Waals surface area contributed by atoms with Crippen LogP contribution < -0.4 is 9.62 Å². The van der Waals surface area contributed by atoms with Gasteiger partial charge in [0.15, 0.2) is 0 Å². The number of hydrogen-bond donors (Lipinski definition) is 1. The third-order valence-corrected chi connectivity index (χ3v) is 7.34. The number of nitrogens with one attached hydrogen (secondary N) is 1. The van der Waals surface area contributed by atoms with E-state index in [1.54, 1.807) is 12.1 Å². The highest BCUT2D eigenvalue weighted by Gasteiger charge is 2.26. The minimum Gasteiger partial charge on any atom is -0.368 e. The molecular formula is C23H27N3O2S. The summed E-state index contributed by atoms with van der Waals surface area (Å²) in [7, 11) is -2.02. The minimum atomic E-state index is -3.48. The fourth-order valence-corrected chi connectivity index (χ4v) is 5.03. The van der Waals surface area contributed by atoms with Gasteiger partial charge in [0.1, 0.15) is 4.90 Å². The SMILES string of the molecule is CNS(=O)(=O)c1ccccc1N1CCN([C@H](C)c2ccc3ccccc3c2)CC1. The van der Waals surface area contributed by atoms with Gasteiger partial charge in [0.2, 0.25) is 10.0 Å². The monoisotopic (exact) mass is 409 g/mol. The highest BCUT2D eigenvalue weighted by molar-refractivity contribution is 7.89. The Bertz CT molecular complexity index is 1110. The number of hydrogen-bond acceptors (Lipinski definition) is 4. The summed E-state index contributed by atoms with van der Waals surface area (Å²) < 4.78 is 27.2. The zero-order valence-corrected chi connectivity index (χ0v) is 17.7. The molecule has 6 heteroatoms. The molecule has 1 heterocycles. The van der Waals surface area contributed by atoms with E-state index in [1.165, 1.54) is 23.4 Å². The van der Waals surface area contributed by atoms with E-state index in [4.69, 9.17) is 0 Å². The standard InChI is InChI=1S/C23H27N3O2S/c1-18(20-12-11-19-7-3-4-8-21(19)17-20)25-13-15-26(16-14-25)22-9-5-6-10-23(22)29(27,28)24-2/h3-12,17-18,24H,13-16H2,1-2H3/t18-/m1/s1. The zero-order chi connectivity index (χ0) is 20.4. The van der Waals surface area contributed by atoms with E-state index in [-0.39, 0.29) is 0 Å². The van der Waals surface area contributed by atoms with Crippen LogP contribution in [0.4, 0.5) is 5.69 Å². The van der Waals surface area contributed by atoms with Crippen molar-refractivity contribution in [3.8, 4) is 0 Å². The Labute approximate surface area is 173 Å². The van der Waals surface area contributed by atoms with Gasteiger partial charge in [-0.3, -0.25) is 4.90 Å². The van der Waals surface area contributed by atoms with Crippen LogP contribution >= 0.6 is 0 Å². The normalized spacial score (nSPS) is 16.8. The van der Waals surface area contributed by atoms with Crippen LogP contribution in [0, 0.1) is 0 Å². The Kier molecular flexibility index (Phi) is 5.58. The lowest BCUT2D eigenvalue weighted by molar-refractivity contribution is 0.198. The summed E-state index contributed by atoms with van der Waals surface area (Å²) in [5.74, 6) is 0. The van der Waals surface area contributed by atoms with E-state index in [0.717, 1.165) is 31.9 Å². The van der Waals surface area contributed by atoms with Crippen molar-refractivity contribution in [3.63, 3.8) is 0 Å². The molecule has 0 aliphatic carbocycles. The molecule has 152 valence electrons. The van der Waals surface area contributed by atoms with Gasteiger partial charge >= 0.3 is 0 Å². The second-order valence-electron chi connectivity index (χ2n) is 7.48. The summed E-state index contributed by atoms with van der Waals surface area (Å²) in [4.78, 5) is 4.99. The van der Waals surface area contributed by atoms with Crippen LogP contribution in [-0.2, 0) is 10.0 Å². The molecular weight excluding hydrogens is 382 g/mol. The summed E-state index contributed by atoms with van der Waals surface area (Å²) in [6.45, 7) is 5.63. The maximum atomic E-state index is 12.4. The molecule has 0 saturated carbocycles. The molecule has 1 fully saturated rings. The summed E-state index contributed by atoms with van der Waals surface area (Å²) in [5, 5.41) is 2.53. The van der Waals surface area contributed by atoms with E-state index in [0.29, 0.717) is 10.9 Å². The molecule has 1 aliphatic rings. The number of piperazine rings is 1. The number of anilines is 1. The summed E-state index contributed by atoms with van der Waals surface area (Å²) in [6.07, 6.45) is 0. The largest absolute Gasteiger partial charge is 0.368 e. The van der Waals surface area contributed by atoms with Gasteiger partial charge in [-0.15, -0.1) is 0 Å². The quantitative estimate of drug-likeness (QED) is 0.699. The molecule has 0 amide bonds. The molecule has 0 unspecified atom stereocenters. The van der Waals surface area contributed by atoms with E-state index < -0.39 is 10.0 Å². The molecule has 29 heavy (non-hydrogen) atoms.